The molecule has 0 aliphatic carbocycles. The van der Waals surface area contributed by atoms with Gasteiger partial charge in [0.1, 0.15) is 23.1 Å². The van der Waals surface area contributed by atoms with Crippen molar-refractivity contribution in [3.8, 4) is 23.1 Å². The summed E-state index contributed by atoms with van der Waals surface area (Å²) in [6.07, 6.45) is 2.46. The van der Waals surface area contributed by atoms with Crippen LogP contribution in [-0.4, -0.2) is 40.0 Å². The summed E-state index contributed by atoms with van der Waals surface area (Å²) in [5.74, 6) is 0.212. The number of nitrogens with zero attached hydrogens (tertiary/aromatic N) is 2. The molecule has 0 saturated heterocycles. The molecule has 1 aromatic heterocycles. The first-order valence-corrected chi connectivity index (χ1v) is 8.87. The molecule has 0 radical (unpaired) electrons. The van der Waals surface area contributed by atoms with Crippen molar-refractivity contribution in [1.82, 2.24) is 9.97 Å². The maximum atomic E-state index is 12.2. The number of hydrogen-bond donors (Lipinski definition) is 3. The predicted octanol–water partition coefficient (Wildman–Crippen LogP) is 0.807. The Labute approximate surface area is 149 Å². The second-order valence-corrected chi connectivity index (χ2v) is 6.16. The van der Waals surface area contributed by atoms with Crippen LogP contribution in [0.25, 0.3) is 11.3 Å². The van der Waals surface area contributed by atoms with Crippen LogP contribution in [0.3, 0.4) is 0 Å². The third-order valence-electron chi connectivity index (χ3n) is 3.45. The SMILES string of the molecule is CCCOc1c(B(O)O)cc(C)cc1-c1nc(SC)[nH]c(=O)c1C#N. The van der Waals surface area contributed by atoms with Gasteiger partial charge in [-0.3, -0.25) is 4.79 Å². The van der Waals surface area contributed by atoms with Crippen molar-refractivity contribution >= 4 is 24.3 Å². The summed E-state index contributed by atoms with van der Waals surface area (Å²) in [7, 11) is -1.75. The Morgan fingerprint density at radius 1 is 1.44 bits per heavy atom. The normalized spacial score (nSPS) is 10.4. The zero-order valence-electron chi connectivity index (χ0n) is 14.2. The summed E-state index contributed by atoms with van der Waals surface area (Å²) in [4.78, 5) is 19.1. The van der Waals surface area contributed by atoms with Crippen molar-refractivity contribution in [2.24, 2.45) is 0 Å². The van der Waals surface area contributed by atoms with Gasteiger partial charge in [0, 0.05) is 11.0 Å². The van der Waals surface area contributed by atoms with E-state index < -0.39 is 12.7 Å². The highest BCUT2D eigenvalue weighted by Crippen LogP contribution is 2.31. The molecule has 3 N–H and O–H groups in total. The van der Waals surface area contributed by atoms with Crippen molar-refractivity contribution < 1.29 is 14.8 Å². The smallest absolute Gasteiger partial charge is 0.492 e. The maximum Gasteiger partial charge on any atom is 0.492 e. The molecule has 0 atom stereocenters. The summed E-state index contributed by atoms with van der Waals surface area (Å²) in [5.41, 5.74) is 0.731. The van der Waals surface area contributed by atoms with Gasteiger partial charge in [-0.2, -0.15) is 5.26 Å². The van der Waals surface area contributed by atoms with E-state index in [1.807, 2.05) is 13.0 Å². The molecule has 0 saturated carbocycles. The minimum Gasteiger partial charge on any atom is -0.493 e. The summed E-state index contributed by atoms with van der Waals surface area (Å²) in [5, 5.41) is 29.1. The molecule has 0 aliphatic rings. The highest BCUT2D eigenvalue weighted by molar-refractivity contribution is 7.98. The van der Waals surface area contributed by atoms with E-state index in [0.29, 0.717) is 23.7 Å². The van der Waals surface area contributed by atoms with E-state index in [0.717, 1.165) is 5.56 Å². The van der Waals surface area contributed by atoms with E-state index in [-0.39, 0.29) is 22.5 Å². The Bertz CT molecular complexity index is 877. The third kappa shape index (κ3) is 4.04. The number of hydrogen-bond acceptors (Lipinski definition) is 7. The van der Waals surface area contributed by atoms with Gasteiger partial charge in [0.25, 0.3) is 5.56 Å². The van der Waals surface area contributed by atoms with Gasteiger partial charge in [0.2, 0.25) is 0 Å². The van der Waals surface area contributed by atoms with Gasteiger partial charge in [-0.05, 0) is 25.7 Å². The quantitative estimate of drug-likeness (QED) is 0.397. The van der Waals surface area contributed by atoms with Crippen molar-refractivity contribution in [3.05, 3.63) is 33.6 Å². The lowest BCUT2D eigenvalue weighted by molar-refractivity contribution is 0.319. The van der Waals surface area contributed by atoms with Crippen LogP contribution in [0.1, 0.15) is 24.5 Å². The number of aromatic amines is 1. The average molecular weight is 359 g/mol. The molecule has 0 fully saturated rings. The van der Waals surface area contributed by atoms with Crippen LogP contribution in [0.4, 0.5) is 0 Å². The molecule has 2 rings (SSSR count). The first-order valence-electron chi connectivity index (χ1n) is 7.65. The maximum absolute atomic E-state index is 12.2. The number of rotatable bonds is 6. The Balaban J connectivity index is 2.84. The van der Waals surface area contributed by atoms with Crippen LogP contribution in [0.5, 0.6) is 5.75 Å². The Morgan fingerprint density at radius 3 is 2.72 bits per heavy atom. The summed E-state index contributed by atoms with van der Waals surface area (Å²) < 4.78 is 5.71. The number of aromatic nitrogens is 2. The number of ether oxygens (including phenoxy) is 1. The number of aryl methyl sites for hydroxylation is 1. The molecule has 0 amide bonds. The molecule has 9 heteroatoms. The summed E-state index contributed by atoms with van der Waals surface area (Å²) in [6, 6.07) is 5.17. The van der Waals surface area contributed by atoms with Gasteiger partial charge in [0.05, 0.1) is 6.61 Å². The van der Waals surface area contributed by atoms with E-state index in [9.17, 15) is 20.1 Å². The van der Waals surface area contributed by atoms with Gasteiger partial charge >= 0.3 is 7.12 Å². The molecule has 7 nitrogen and oxygen atoms in total. The first kappa shape index (κ1) is 19.1. The zero-order chi connectivity index (χ0) is 18.6. The summed E-state index contributed by atoms with van der Waals surface area (Å²) >= 11 is 1.23. The average Bonchev–Trinajstić information content (AvgIpc) is 2.59. The van der Waals surface area contributed by atoms with E-state index in [1.165, 1.54) is 11.8 Å². The van der Waals surface area contributed by atoms with Gasteiger partial charge in [-0.15, -0.1) is 0 Å². The van der Waals surface area contributed by atoms with E-state index in [1.54, 1.807) is 25.3 Å². The lowest BCUT2D eigenvalue weighted by Crippen LogP contribution is -2.32. The first-order chi connectivity index (χ1) is 11.9. The van der Waals surface area contributed by atoms with Crippen molar-refractivity contribution in [1.29, 1.82) is 5.26 Å². The minimum atomic E-state index is -1.75. The van der Waals surface area contributed by atoms with Crippen molar-refractivity contribution in [2.75, 3.05) is 12.9 Å². The second-order valence-electron chi connectivity index (χ2n) is 5.36. The molecule has 0 unspecified atom stereocenters. The summed E-state index contributed by atoms with van der Waals surface area (Å²) in [6.45, 7) is 4.03. The number of H-pyrrole nitrogens is 1. The van der Waals surface area contributed by atoms with E-state index in [2.05, 4.69) is 9.97 Å². The molecule has 25 heavy (non-hydrogen) atoms. The van der Waals surface area contributed by atoms with Crippen LogP contribution in [0, 0.1) is 18.3 Å². The molecule has 1 aromatic carbocycles. The molecular weight excluding hydrogens is 341 g/mol. The van der Waals surface area contributed by atoms with Gasteiger partial charge in [-0.1, -0.05) is 30.3 Å². The highest BCUT2D eigenvalue weighted by atomic mass is 32.2. The lowest BCUT2D eigenvalue weighted by Gasteiger charge is -2.17. The Hall–Kier alpha value is -2.28. The molecule has 0 spiro atoms. The standard InChI is InChI=1S/C16H18BN3O4S/c1-4-5-24-14-10(6-9(2)7-12(14)17(22)23)13-11(8-18)15(21)20-16(19-13)25-3/h6-7,22-23H,4-5H2,1-3H3,(H,19,20,21). The number of nitriles is 1. The number of thioether (sulfide) groups is 1. The molecule has 2 aromatic rings. The highest BCUT2D eigenvalue weighted by Gasteiger charge is 2.25. The van der Waals surface area contributed by atoms with Crippen molar-refractivity contribution in [2.45, 2.75) is 25.4 Å². The molecule has 1 heterocycles. The molecule has 130 valence electrons. The fourth-order valence-corrected chi connectivity index (χ4v) is 2.76. The topological polar surface area (TPSA) is 119 Å². The molecule has 0 aliphatic heterocycles. The third-order valence-corrected chi connectivity index (χ3v) is 4.03. The molecule has 0 bridgehead atoms. The van der Waals surface area contributed by atoms with Gasteiger partial charge in [-0.25, -0.2) is 4.98 Å². The van der Waals surface area contributed by atoms with E-state index >= 15 is 0 Å². The lowest BCUT2D eigenvalue weighted by atomic mass is 9.77. The second kappa shape index (κ2) is 8.20. The fourth-order valence-electron chi connectivity index (χ4n) is 2.38. The van der Waals surface area contributed by atoms with Crippen LogP contribution in [-0.2, 0) is 0 Å². The minimum absolute atomic E-state index is 0.150. The largest absolute Gasteiger partial charge is 0.493 e. The molecular formula is C16H18BN3O4S. The number of nitrogens with one attached hydrogen (secondary N) is 1. The van der Waals surface area contributed by atoms with Crippen LogP contribution in [0.15, 0.2) is 22.1 Å². The van der Waals surface area contributed by atoms with Gasteiger partial charge < -0.3 is 19.8 Å². The van der Waals surface area contributed by atoms with Gasteiger partial charge in [0.15, 0.2) is 5.16 Å². The fraction of sp³-hybridized carbons (Fsp3) is 0.312. The predicted molar refractivity (Wildman–Crippen MR) is 97.1 cm³/mol. The van der Waals surface area contributed by atoms with Crippen LogP contribution in [0.2, 0.25) is 0 Å². The zero-order valence-corrected chi connectivity index (χ0v) is 15.0. The van der Waals surface area contributed by atoms with Crippen LogP contribution < -0.4 is 15.8 Å². The van der Waals surface area contributed by atoms with Crippen molar-refractivity contribution in [3.63, 3.8) is 0 Å². The Morgan fingerprint density at radius 2 is 2.16 bits per heavy atom. The van der Waals surface area contributed by atoms with E-state index in [4.69, 9.17) is 4.74 Å². The van der Waals surface area contributed by atoms with Crippen LogP contribution >= 0.6 is 11.8 Å². The monoisotopic (exact) mass is 359 g/mol. The Kier molecular flexibility index (Phi) is 6.25. The number of benzene rings is 1.